The van der Waals surface area contributed by atoms with E-state index in [1.165, 1.54) is 12.1 Å². The van der Waals surface area contributed by atoms with Crippen molar-refractivity contribution >= 4 is 37.5 Å². The quantitative estimate of drug-likeness (QED) is 0.720. The first-order chi connectivity index (χ1) is 9.59. The second kappa shape index (κ2) is 5.34. The lowest BCUT2D eigenvalue weighted by molar-refractivity contribution is 0.567. The number of rotatable bonds is 3. The molecule has 0 amide bonds. The summed E-state index contributed by atoms with van der Waals surface area (Å²) in [5, 5.41) is 6.81. The number of hydrogen-bond acceptors (Lipinski definition) is 4. The summed E-state index contributed by atoms with van der Waals surface area (Å²) in [6.45, 7) is 6.02. The third-order valence-electron chi connectivity index (χ3n) is 2.89. The first kappa shape index (κ1) is 15.8. The fourth-order valence-corrected chi connectivity index (χ4v) is 3.35. The maximum absolute atomic E-state index is 12.4. The van der Waals surface area contributed by atoms with Crippen LogP contribution in [0.15, 0.2) is 33.6 Å². The molecule has 2 aromatic rings. The van der Waals surface area contributed by atoms with Crippen LogP contribution in [0.1, 0.15) is 26.5 Å². The number of aromatic nitrogens is 2. The highest BCUT2D eigenvalue weighted by atomic mass is 79.9. The molecule has 0 aliphatic rings. The molecule has 8 heteroatoms. The zero-order valence-electron chi connectivity index (χ0n) is 11.9. The molecular weight excluding hydrogens is 356 g/mol. The minimum atomic E-state index is -3.79. The van der Waals surface area contributed by atoms with Gasteiger partial charge in [0.1, 0.15) is 4.90 Å². The molecule has 0 unspecified atom stereocenters. The molecule has 0 aliphatic heterocycles. The molecular formula is C13H17BrN4O2S. The number of aromatic amines is 1. The Morgan fingerprint density at radius 2 is 1.95 bits per heavy atom. The standard InChI is InChI=1S/C13H17BrN4O2S/c1-13(2,3)11-7-12(17-16-11)18-21(19,20)10-6-8(14)4-5-9(10)15/h4-7H,15H2,1-3H3,(H2,16,17,18). The summed E-state index contributed by atoms with van der Waals surface area (Å²) >= 11 is 3.23. The third-order valence-corrected chi connectivity index (χ3v) is 4.79. The lowest BCUT2D eigenvalue weighted by Crippen LogP contribution is -2.15. The highest BCUT2D eigenvalue weighted by Gasteiger charge is 2.21. The first-order valence-corrected chi connectivity index (χ1v) is 8.51. The average molecular weight is 373 g/mol. The van der Waals surface area contributed by atoms with Crippen LogP contribution in [0.4, 0.5) is 11.5 Å². The minimum Gasteiger partial charge on any atom is -0.398 e. The van der Waals surface area contributed by atoms with Crippen molar-refractivity contribution in [2.24, 2.45) is 0 Å². The van der Waals surface area contributed by atoms with E-state index in [9.17, 15) is 8.42 Å². The zero-order valence-corrected chi connectivity index (χ0v) is 14.3. The van der Waals surface area contributed by atoms with E-state index in [1.54, 1.807) is 12.1 Å². The summed E-state index contributed by atoms with van der Waals surface area (Å²) < 4.78 is 27.8. The summed E-state index contributed by atoms with van der Waals surface area (Å²) in [5.41, 5.74) is 6.60. The summed E-state index contributed by atoms with van der Waals surface area (Å²) in [5.74, 6) is 0.235. The van der Waals surface area contributed by atoms with Crippen molar-refractivity contribution < 1.29 is 8.42 Å². The highest BCUT2D eigenvalue weighted by molar-refractivity contribution is 9.10. The fraction of sp³-hybridized carbons (Fsp3) is 0.308. The van der Waals surface area contributed by atoms with Crippen molar-refractivity contribution in [3.8, 4) is 0 Å². The van der Waals surface area contributed by atoms with Gasteiger partial charge in [0.2, 0.25) is 0 Å². The van der Waals surface area contributed by atoms with Gasteiger partial charge >= 0.3 is 0 Å². The van der Waals surface area contributed by atoms with Crippen LogP contribution in [0.5, 0.6) is 0 Å². The van der Waals surface area contributed by atoms with Gasteiger partial charge in [-0.2, -0.15) is 5.10 Å². The van der Waals surface area contributed by atoms with Gasteiger partial charge in [0.25, 0.3) is 10.0 Å². The lowest BCUT2D eigenvalue weighted by Gasteiger charge is -2.14. The molecule has 1 heterocycles. The van der Waals surface area contributed by atoms with E-state index >= 15 is 0 Å². The molecule has 2 rings (SSSR count). The Hall–Kier alpha value is -1.54. The van der Waals surface area contributed by atoms with E-state index in [-0.39, 0.29) is 21.8 Å². The van der Waals surface area contributed by atoms with Gasteiger partial charge in [-0.3, -0.25) is 9.82 Å². The summed E-state index contributed by atoms with van der Waals surface area (Å²) in [6.07, 6.45) is 0. The minimum absolute atomic E-state index is 0.0113. The number of nitrogens with two attached hydrogens (primary N) is 1. The maximum Gasteiger partial charge on any atom is 0.265 e. The van der Waals surface area contributed by atoms with Gasteiger partial charge in [-0.1, -0.05) is 36.7 Å². The zero-order chi connectivity index (χ0) is 15.8. The van der Waals surface area contributed by atoms with Crippen LogP contribution in [-0.4, -0.2) is 18.6 Å². The van der Waals surface area contributed by atoms with Crippen LogP contribution < -0.4 is 10.5 Å². The van der Waals surface area contributed by atoms with Gasteiger partial charge in [-0.05, 0) is 18.2 Å². The second-order valence-corrected chi connectivity index (χ2v) is 8.27. The molecule has 0 fully saturated rings. The predicted molar refractivity (Wildman–Crippen MR) is 86.7 cm³/mol. The molecule has 0 saturated carbocycles. The third kappa shape index (κ3) is 3.56. The molecule has 21 heavy (non-hydrogen) atoms. The van der Waals surface area contributed by atoms with Crippen LogP contribution in [0.3, 0.4) is 0 Å². The molecule has 4 N–H and O–H groups in total. The summed E-state index contributed by atoms with van der Waals surface area (Å²) in [6, 6.07) is 6.34. The summed E-state index contributed by atoms with van der Waals surface area (Å²) in [7, 11) is -3.79. The average Bonchev–Trinajstić information content (AvgIpc) is 2.79. The van der Waals surface area contributed by atoms with Crippen LogP contribution in [0, 0.1) is 0 Å². The number of nitrogens with zero attached hydrogens (tertiary/aromatic N) is 1. The lowest BCUT2D eigenvalue weighted by atomic mass is 9.92. The number of anilines is 2. The Balaban J connectivity index is 2.34. The van der Waals surface area contributed by atoms with E-state index < -0.39 is 10.0 Å². The van der Waals surface area contributed by atoms with E-state index in [4.69, 9.17) is 5.73 Å². The number of benzene rings is 1. The van der Waals surface area contributed by atoms with E-state index in [2.05, 4.69) is 30.8 Å². The van der Waals surface area contributed by atoms with Gasteiger partial charge in [0.15, 0.2) is 5.82 Å². The van der Waals surface area contributed by atoms with Crippen LogP contribution >= 0.6 is 15.9 Å². The highest BCUT2D eigenvalue weighted by Crippen LogP contribution is 2.26. The van der Waals surface area contributed by atoms with E-state index in [0.717, 1.165) is 5.69 Å². The van der Waals surface area contributed by atoms with Crippen molar-refractivity contribution in [3.05, 3.63) is 34.4 Å². The second-order valence-electron chi connectivity index (χ2n) is 5.70. The van der Waals surface area contributed by atoms with Gasteiger partial charge in [-0.15, -0.1) is 0 Å². The molecule has 0 saturated heterocycles. The Labute approximate surface area is 132 Å². The largest absolute Gasteiger partial charge is 0.398 e. The molecule has 0 aliphatic carbocycles. The van der Waals surface area contributed by atoms with Crippen LogP contribution in [-0.2, 0) is 15.4 Å². The van der Waals surface area contributed by atoms with E-state index in [0.29, 0.717) is 4.47 Å². The number of nitrogens with one attached hydrogen (secondary N) is 2. The molecule has 0 bridgehead atoms. The van der Waals surface area contributed by atoms with Crippen LogP contribution in [0.25, 0.3) is 0 Å². The molecule has 0 atom stereocenters. The Morgan fingerprint density at radius 3 is 2.52 bits per heavy atom. The van der Waals surface area contributed by atoms with Crippen LogP contribution in [0.2, 0.25) is 0 Å². The Bertz CT molecular complexity index is 763. The van der Waals surface area contributed by atoms with Gasteiger partial charge in [-0.25, -0.2) is 8.42 Å². The molecule has 114 valence electrons. The molecule has 0 radical (unpaired) electrons. The molecule has 6 nitrogen and oxygen atoms in total. The maximum atomic E-state index is 12.4. The smallest absolute Gasteiger partial charge is 0.265 e. The number of sulfonamides is 1. The van der Waals surface area contributed by atoms with Crippen molar-refractivity contribution in [3.63, 3.8) is 0 Å². The molecule has 1 aromatic carbocycles. The van der Waals surface area contributed by atoms with Crippen molar-refractivity contribution in [2.75, 3.05) is 10.5 Å². The summed E-state index contributed by atoms with van der Waals surface area (Å²) in [4.78, 5) is 0.0113. The fourth-order valence-electron chi connectivity index (χ4n) is 1.69. The number of nitrogen functional groups attached to an aromatic ring is 1. The number of halogens is 1. The van der Waals surface area contributed by atoms with Gasteiger partial charge in [0.05, 0.1) is 5.69 Å². The van der Waals surface area contributed by atoms with E-state index in [1.807, 2.05) is 20.8 Å². The Morgan fingerprint density at radius 1 is 1.29 bits per heavy atom. The van der Waals surface area contributed by atoms with Crippen molar-refractivity contribution in [1.29, 1.82) is 0 Å². The Kier molecular flexibility index (Phi) is 4.03. The van der Waals surface area contributed by atoms with Crippen molar-refractivity contribution in [2.45, 2.75) is 31.1 Å². The monoisotopic (exact) mass is 372 g/mol. The SMILES string of the molecule is CC(C)(C)c1cc(NS(=O)(=O)c2cc(Br)ccc2N)n[nH]1. The molecule has 0 spiro atoms. The van der Waals surface area contributed by atoms with Gasteiger partial charge in [0, 0.05) is 21.6 Å². The number of hydrogen-bond donors (Lipinski definition) is 3. The normalized spacial score (nSPS) is 12.4. The topological polar surface area (TPSA) is 101 Å². The predicted octanol–water partition coefficient (Wildman–Crippen LogP) is 2.85. The first-order valence-electron chi connectivity index (χ1n) is 6.23. The molecule has 1 aromatic heterocycles. The van der Waals surface area contributed by atoms with Crippen molar-refractivity contribution in [1.82, 2.24) is 10.2 Å². The van der Waals surface area contributed by atoms with Gasteiger partial charge < -0.3 is 5.73 Å². The number of H-pyrrole nitrogens is 1.